The molecule has 0 atom stereocenters. The first kappa shape index (κ1) is 14.3. The zero-order valence-electron chi connectivity index (χ0n) is 11.5. The third-order valence-corrected chi connectivity index (χ3v) is 4.27. The van der Waals surface area contributed by atoms with Crippen LogP contribution in [0.1, 0.15) is 51.1 Å². The lowest BCUT2D eigenvalue weighted by Crippen LogP contribution is -2.16. The van der Waals surface area contributed by atoms with Gasteiger partial charge in [0.05, 0.1) is 17.4 Å². The molecule has 2 aromatic rings. The second-order valence-electron chi connectivity index (χ2n) is 4.76. The minimum Gasteiger partial charge on any atom is -0.469 e. The van der Waals surface area contributed by atoms with Gasteiger partial charge in [-0.15, -0.1) is 11.3 Å². The van der Waals surface area contributed by atoms with Gasteiger partial charge in [0.1, 0.15) is 10.8 Å². The van der Waals surface area contributed by atoms with Gasteiger partial charge in [-0.25, -0.2) is 0 Å². The number of hydrogen-bond donors (Lipinski definition) is 2. The summed E-state index contributed by atoms with van der Waals surface area (Å²) >= 11 is 1.36. The second-order valence-corrected chi connectivity index (χ2v) is 5.84. The molecule has 6 heteroatoms. The number of nitrogens with two attached hydrogens (primary N) is 1. The molecule has 0 unspecified atom stereocenters. The van der Waals surface area contributed by atoms with Crippen molar-refractivity contribution in [3.05, 3.63) is 40.2 Å². The Hall–Kier alpha value is -2.08. The number of nitrogens with one attached hydrogen (secondary N) is 1. The molecule has 2 aromatic heterocycles. The number of furan rings is 1. The minimum absolute atomic E-state index is 0.263. The van der Waals surface area contributed by atoms with Gasteiger partial charge >= 0.3 is 0 Å². The average molecular weight is 292 g/mol. The van der Waals surface area contributed by atoms with Crippen molar-refractivity contribution in [3.63, 3.8) is 0 Å². The highest BCUT2D eigenvalue weighted by Gasteiger charge is 2.19. The van der Waals surface area contributed by atoms with E-state index in [1.54, 1.807) is 19.1 Å². The molecule has 0 aliphatic carbocycles. The summed E-state index contributed by atoms with van der Waals surface area (Å²) in [5.41, 5.74) is 6.14. The Bertz CT molecular complexity index is 655. The predicted molar refractivity (Wildman–Crippen MR) is 78.3 cm³/mol. The lowest BCUT2D eigenvalue weighted by atomic mass is 10.1. The Kier molecular flexibility index (Phi) is 3.94. The highest BCUT2D eigenvalue weighted by Crippen LogP contribution is 2.33. The van der Waals surface area contributed by atoms with Crippen LogP contribution >= 0.6 is 11.3 Å². The molecule has 0 bridgehead atoms. The SMILES string of the molecule is Cc1occc1C(=O)Nc1sc(C(C)C)cc1C(N)=O. The summed E-state index contributed by atoms with van der Waals surface area (Å²) in [6, 6.07) is 3.32. The highest BCUT2D eigenvalue weighted by atomic mass is 32.1. The Balaban J connectivity index is 2.31. The van der Waals surface area contributed by atoms with Crippen LogP contribution in [0, 0.1) is 6.92 Å². The van der Waals surface area contributed by atoms with Crippen LogP contribution in [0.3, 0.4) is 0 Å². The van der Waals surface area contributed by atoms with Crippen molar-refractivity contribution < 1.29 is 14.0 Å². The van der Waals surface area contributed by atoms with E-state index in [9.17, 15) is 9.59 Å². The Morgan fingerprint density at radius 3 is 2.55 bits per heavy atom. The number of anilines is 1. The van der Waals surface area contributed by atoms with Crippen molar-refractivity contribution in [3.8, 4) is 0 Å². The van der Waals surface area contributed by atoms with Crippen molar-refractivity contribution in [1.29, 1.82) is 0 Å². The standard InChI is InChI=1S/C14H16N2O3S/c1-7(2)11-6-10(12(15)17)14(20-11)16-13(18)9-4-5-19-8(9)3/h4-7H,1-3H3,(H2,15,17)(H,16,18). The third-order valence-electron chi connectivity index (χ3n) is 2.92. The highest BCUT2D eigenvalue weighted by molar-refractivity contribution is 7.16. The second kappa shape index (κ2) is 5.50. The van der Waals surface area contributed by atoms with E-state index in [-0.39, 0.29) is 11.8 Å². The lowest BCUT2D eigenvalue weighted by Gasteiger charge is -2.03. The molecule has 0 saturated heterocycles. The normalized spacial score (nSPS) is 10.8. The van der Waals surface area contributed by atoms with Gasteiger partial charge in [0.2, 0.25) is 0 Å². The Labute approximate surface area is 120 Å². The van der Waals surface area contributed by atoms with Gasteiger partial charge < -0.3 is 15.5 Å². The van der Waals surface area contributed by atoms with Crippen LogP contribution in [0.25, 0.3) is 0 Å². The van der Waals surface area contributed by atoms with Crippen LogP contribution in [0.4, 0.5) is 5.00 Å². The smallest absolute Gasteiger partial charge is 0.259 e. The number of carbonyl (C=O) groups excluding carboxylic acids is 2. The van der Waals surface area contributed by atoms with Crippen LogP contribution in [0.2, 0.25) is 0 Å². The molecule has 0 aromatic carbocycles. The quantitative estimate of drug-likeness (QED) is 0.907. The molecule has 0 radical (unpaired) electrons. The van der Waals surface area contributed by atoms with Crippen LogP contribution < -0.4 is 11.1 Å². The van der Waals surface area contributed by atoms with Gasteiger partial charge in [0.15, 0.2) is 0 Å². The van der Waals surface area contributed by atoms with E-state index >= 15 is 0 Å². The summed E-state index contributed by atoms with van der Waals surface area (Å²) in [5.74, 6) is -0.0635. The summed E-state index contributed by atoms with van der Waals surface area (Å²) in [7, 11) is 0. The van der Waals surface area contributed by atoms with E-state index < -0.39 is 5.91 Å². The van der Waals surface area contributed by atoms with Gasteiger partial charge in [-0.1, -0.05) is 13.8 Å². The molecule has 0 fully saturated rings. The first-order chi connectivity index (χ1) is 9.40. The van der Waals surface area contributed by atoms with Gasteiger partial charge in [0.25, 0.3) is 11.8 Å². The van der Waals surface area contributed by atoms with Crippen molar-refractivity contribution in [1.82, 2.24) is 0 Å². The molecule has 0 saturated carbocycles. The maximum absolute atomic E-state index is 12.1. The van der Waals surface area contributed by atoms with E-state index in [2.05, 4.69) is 5.32 Å². The molecule has 2 rings (SSSR count). The van der Waals surface area contributed by atoms with E-state index in [1.165, 1.54) is 17.6 Å². The maximum atomic E-state index is 12.1. The molecule has 106 valence electrons. The topological polar surface area (TPSA) is 85.3 Å². The van der Waals surface area contributed by atoms with Gasteiger partial charge in [-0.3, -0.25) is 9.59 Å². The zero-order valence-corrected chi connectivity index (χ0v) is 12.3. The average Bonchev–Trinajstić information content (AvgIpc) is 2.95. The molecule has 2 heterocycles. The maximum Gasteiger partial charge on any atom is 0.259 e. The number of thiophene rings is 1. The van der Waals surface area contributed by atoms with Crippen molar-refractivity contribution in [2.45, 2.75) is 26.7 Å². The molecule has 0 spiro atoms. The third kappa shape index (κ3) is 2.75. The van der Waals surface area contributed by atoms with Crippen molar-refractivity contribution in [2.75, 3.05) is 5.32 Å². The summed E-state index contributed by atoms with van der Waals surface area (Å²) in [6.45, 7) is 5.74. The Morgan fingerprint density at radius 2 is 2.05 bits per heavy atom. The first-order valence-electron chi connectivity index (χ1n) is 6.19. The molecule has 2 amide bonds. The molecule has 3 N–H and O–H groups in total. The summed E-state index contributed by atoms with van der Waals surface area (Å²) in [4.78, 5) is 24.6. The summed E-state index contributed by atoms with van der Waals surface area (Å²) in [5, 5.41) is 3.21. The van der Waals surface area contributed by atoms with Crippen molar-refractivity contribution >= 4 is 28.2 Å². The zero-order chi connectivity index (χ0) is 14.9. The fourth-order valence-electron chi connectivity index (χ4n) is 1.76. The summed E-state index contributed by atoms with van der Waals surface area (Å²) in [6.07, 6.45) is 1.45. The molecule has 20 heavy (non-hydrogen) atoms. The van der Waals surface area contributed by atoms with E-state index in [0.717, 1.165) is 4.88 Å². The van der Waals surface area contributed by atoms with Crippen LogP contribution in [-0.2, 0) is 0 Å². The van der Waals surface area contributed by atoms with E-state index in [0.29, 0.717) is 21.9 Å². The monoisotopic (exact) mass is 292 g/mol. The molecule has 5 nitrogen and oxygen atoms in total. The minimum atomic E-state index is -0.549. The molecule has 0 aliphatic rings. The Morgan fingerprint density at radius 1 is 1.35 bits per heavy atom. The number of aryl methyl sites for hydroxylation is 1. The van der Waals surface area contributed by atoms with Gasteiger partial charge in [-0.05, 0) is 25.0 Å². The largest absolute Gasteiger partial charge is 0.469 e. The molecular weight excluding hydrogens is 276 g/mol. The number of carbonyl (C=O) groups is 2. The predicted octanol–water partition coefficient (Wildman–Crippen LogP) is 3.12. The number of primary amides is 1. The number of rotatable bonds is 4. The van der Waals surface area contributed by atoms with E-state index in [4.69, 9.17) is 10.2 Å². The molecular formula is C14H16N2O3S. The van der Waals surface area contributed by atoms with Crippen LogP contribution in [0.15, 0.2) is 22.8 Å². The van der Waals surface area contributed by atoms with Crippen LogP contribution in [0.5, 0.6) is 0 Å². The van der Waals surface area contributed by atoms with Gasteiger partial charge in [-0.2, -0.15) is 0 Å². The van der Waals surface area contributed by atoms with E-state index in [1.807, 2.05) is 13.8 Å². The fourth-order valence-corrected chi connectivity index (χ4v) is 2.82. The lowest BCUT2D eigenvalue weighted by molar-refractivity contribution is 0.100. The first-order valence-corrected chi connectivity index (χ1v) is 7.00. The fraction of sp³-hybridized carbons (Fsp3) is 0.286. The number of amides is 2. The van der Waals surface area contributed by atoms with Crippen molar-refractivity contribution in [2.24, 2.45) is 5.73 Å². The van der Waals surface area contributed by atoms with Crippen LogP contribution in [-0.4, -0.2) is 11.8 Å². The summed E-state index contributed by atoms with van der Waals surface area (Å²) < 4.78 is 5.10. The number of hydrogen-bond acceptors (Lipinski definition) is 4. The molecule has 0 aliphatic heterocycles. The van der Waals surface area contributed by atoms with Gasteiger partial charge in [0, 0.05) is 4.88 Å².